The first-order valence-electron chi connectivity index (χ1n) is 4.24. The predicted molar refractivity (Wildman–Crippen MR) is 49.1 cm³/mol. The number of nitrogens with zero attached hydrogens (tertiary/aromatic N) is 2. The molecule has 0 N–H and O–H groups in total. The SMILES string of the molecule is CCc1cncnc1-c1ccco1. The molecule has 2 heterocycles. The van der Waals surface area contributed by atoms with Gasteiger partial charge in [0, 0.05) is 6.20 Å². The molecular weight excluding hydrogens is 164 g/mol. The molecule has 0 aliphatic carbocycles. The third kappa shape index (κ3) is 1.45. The molecule has 0 radical (unpaired) electrons. The summed E-state index contributed by atoms with van der Waals surface area (Å²) in [5, 5.41) is 0. The minimum Gasteiger partial charge on any atom is -0.463 e. The summed E-state index contributed by atoms with van der Waals surface area (Å²) in [6.45, 7) is 2.07. The number of hydrogen-bond donors (Lipinski definition) is 0. The quantitative estimate of drug-likeness (QED) is 0.701. The van der Waals surface area contributed by atoms with Crippen molar-refractivity contribution in [2.45, 2.75) is 13.3 Å². The molecule has 0 saturated carbocycles. The molecule has 13 heavy (non-hydrogen) atoms. The van der Waals surface area contributed by atoms with Crippen molar-refractivity contribution in [3.05, 3.63) is 36.5 Å². The molecule has 2 aromatic heterocycles. The second-order valence-corrected chi connectivity index (χ2v) is 2.73. The molecule has 0 atom stereocenters. The van der Waals surface area contributed by atoms with Gasteiger partial charge in [-0.15, -0.1) is 0 Å². The van der Waals surface area contributed by atoms with Crippen molar-refractivity contribution < 1.29 is 4.42 Å². The Morgan fingerprint density at radius 1 is 1.46 bits per heavy atom. The molecule has 2 aromatic rings. The van der Waals surface area contributed by atoms with E-state index in [1.54, 1.807) is 6.26 Å². The number of aryl methyl sites for hydroxylation is 1. The molecule has 0 aromatic carbocycles. The van der Waals surface area contributed by atoms with Crippen molar-refractivity contribution in [3.8, 4) is 11.5 Å². The van der Waals surface area contributed by atoms with Crippen LogP contribution in [0.1, 0.15) is 12.5 Å². The van der Waals surface area contributed by atoms with E-state index in [2.05, 4.69) is 16.9 Å². The third-order valence-corrected chi connectivity index (χ3v) is 1.92. The lowest BCUT2D eigenvalue weighted by Crippen LogP contribution is -1.91. The lowest BCUT2D eigenvalue weighted by atomic mass is 10.1. The van der Waals surface area contributed by atoms with Crippen molar-refractivity contribution in [1.82, 2.24) is 9.97 Å². The fourth-order valence-corrected chi connectivity index (χ4v) is 1.25. The molecule has 3 nitrogen and oxygen atoms in total. The highest BCUT2D eigenvalue weighted by molar-refractivity contribution is 5.55. The number of rotatable bonds is 2. The Bertz CT molecular complexity index is 382. The molecule has 0 spiro atoms. The Hall–Kier alpha value is -1.64. The van der Waals surface area contributed by atoms with Gasteiger partial charge in [-0.25, -0.2) is 9.97 Å². The summed E-state index contributed by atoms with van der Waals surface area (Å²) in [5.74, 6) is 0.805. The van der Waals surface area contributed by atoms with Gasteiger partial charge >= 0.3 is 0 Å². The van der Waals surface area contributed by atoms with Crippen molar-refractivity contribution in [3.63, 3.8) is 0 Å². The summed E-state index contributed by atoms with van der Waals surface area (Å²) in [6.07, 6.45) is 5.93. The zero-order valence-corrected chi connectivity index (χ0v) is 7.40. The molecule has 3 heteroatoms. The Labute approximate surface area is 76.5 Å². The van der Waals surface area contributed by atoms with Gasteiger partial charge in [0.25, 0.3) is 0 Å². The van der Waals surface area contributed by atoms with E-state index in [1.165, 1.54) is 6.33 Å². The molecule has 0 bridgehead atoms. The Morgan fingerprint density at radius 3 is 3.08 bits per heavy atom. The number of furan rings is 1. The topological polar surface area (TPSA) is 38.9 Å². The molecule has 0 amide bonds. The van der Waals surface area contributed by atoms with Crippen LogP contribution in [-0.2, 0) is 6.42 Å². The van der Waals surface area contributed by atoms with Gasteiger partial charge in [-0.1, -0.05) is 6.92 Å². The fraction of sp³-hybridized carbons (Fsp3) is 0.200. The highest BCUT2D eigenvalue weighted by atomic mass is 16.3. The minimum atomic E-state index is 0.805. The lowest BCUT2D eigenvalue weighted by molar-refractivity contribution is 0.579. The van der Waals surface area contributed by atoms with Crippen molar-refractivity contribution in [1.29, 1.82) is 0 Å². The Morgan fingerprint density at radius 2 is 2.38 bits per heavy atom. The van der Waals surface area contributed by atoms with E-state index >= 15 is 0 Å². The van der Waals surface area contributed by atoms with Gasteiger partial charge in [-0.2, -0.15) is 0 Å². The summed E-state index contributed by atoms with van der Waals surface area (Å²) in [6, 6.07) is 3.76. The molecule has 0 saturated heterocycles. The average Bonchev–Trinajstić information content (AvgIpc) is 2.70. The van der Waals surface area contributed by atoms with Crippen LogP contribution in [0.25, 0.3) is 11.5 Å². The van der Waals surface area contributed by atoms with Gasteiger partial charge in [0.05, 0.1) is 6.26 Å². The zero-order chi connectivity index (χ0) is 9.10. The fourth-order valence-electron chi connectivity index (χ4n) is 1.25. The summed E-state index contributed by atoms with van der Waals surface area (Å²) < 4.78 is 5.27. The van der Waals surface area contributed by atoms with Gasteiger partial charge < -0.3 is 4.42 Å². The van der Waals surface area contributed by atoms with Crippen LogP contribution in [0.2, 0.25) is 0 Å². The molecule has 0 unspecified atom stereocenters. The van der Waals surface area contributed by atoms with Crippen LogP contribution in [0, 0.1) is 0 Å². The van der Waals surface area contributed by atoms with E-state index in [4.69, 9.17) is 4.42 Å². The summed E-state index contributed by atoms with van der Waals surface area (Å²) >= 11 is 0. The maximum absolute atomic E-state index is 5.27. The molecule has 66 valence electrons. The second-order valence-electron chi connectivity index (χ2n) is 2.73. The van der Waals surface area contributed by atoms with Crippen LogP contribution >= 0.6 is 0 Å². The maximum Gasteiger partial charge on any atom is 0.152 e. The predicted octanol–water partition coefficient (Wildman–Crippen LogP) is 2.30. The van der Waals surface area contributed by atoms with E-state index in [9.17, 15) is 0 Å². The highest BCUT2D eigenvalue weighted by Gasteiger charge is 2.06. The first-order valence-corrected chi connectivity index (χ1v) is 4.24. The van der Waals surface area contributed by atoms with Crippen LogP contribution in [0.3, 0.4) is 0 Å². The first-order chi connectivity index (χ1) is 6.42. The highest BCUT2D eigenvalue weighted by Crippen LogP contribution is 2.20. The maximum atomic E-state index is 5.27. The summed E-state index contributed by atoms with van der Waals surface area (Å²) in [4.78, 5) is 8.16. The van der Waals surface area contributed by atoms with E-state index in [0.29, 0.717) is 0 Å². The molecule has 0 aliphatic rings. The molecule has 0 fully saturated rings. The minimum absolute atomic E-state index is 0.805. The van der Waals surface area contributed by atoms with Gasteiger partial charge in [0.1, 0.15) is 12.0 Å². The largest absolute Gasteiger partial charge is 0.463 e. The second kappa shape index (κ2) is 3.39. The van der Waals surface area contributed by atoms with Crippen molar-refractivity contribution in [2.75, 3.05) is 0 Å². The summed E-state index contributed by atoms with van der Waals surface area (Å²) in [7, 11) is 0. The van der Waals surface area contributed by atoms with Gasteiger partial charge in [0.15, 0.2) is 5.76 Å². The van der Waals surface area contributed by atoms with Gasteiger partial charge in [0.2, 0.25) is 0 Å². The zero-order valence-electron chi connectivity index (χ0n) is 7.40. The summed E-state index contributed by atoms with van der Waals surface area (Å²) in [5.41, 5.74) is 2.00. The third-order valence-electron chi connectivity index (χ3n) is 1.92. The van der Waals surface area contributed by atoms with Crippen LogP contribution in [0.5, 0.6) is 0 Å². The molecular formula is C10H10N2O. The molecule has 2 rings (SSSR count). The molecule has 0 aliphatic heterocycles. The average molecular weight is 174 g/mol. The van der Waals surface area contributed by atoms with Crippen LogP contribution < -0.4 is 0 Å². The monoisotopic (exact) mass is 174 g/mol. The van der Waals surface area contributed by atoms with Crippen molar-refractivity contribution in [2.24, 2.45) is 0 Å². The first kappa shape index (κ1) is 7.98. The van der Waals surface area contributed by atoms with E-state index in [0.717, 1.165) is 23.4 Å². The van der Waals surface area contributed by atoms with Crippen LogP contribution in [0.4, 0.5) is 0 Å². The van der Waals surface area contributed by atoms with Gasteiger partial charge in [-0.05, 0) is 24.1 Å². The normalized spacial score (nSPS) is 10.2. The Balaban J connectivity index is 2.51. The van der Waals surface area contributed by atoms with Crippen LogP contribution in [-0.4, -0.2) is 9.97 Å². The van der Waals surface area contributed by atoms with E-state index in [-0.39, 0.29) is 0 Å². The standard InChI is InChI=1S/C10H10N2O/c1-2-8-6-11-7-12-10(8)9-4-3-5-13-9/h3-7H,2H2,1H3. The Kier molecular flexibility index (Phi) is 2.08. The van der Waals surface area contributed by atoms with Crippen LogP contribution in [0.15, 0.2) is 35.3 Å². The number of hydrogen-bond acceptors (Lipinski definition) is 3. The van der Waals surface area contributed by atoms with Crippen molar-refractivity contribution >= 4 is 0 Å². The van der Waals surface area contributed by atoms with E-state index in [1.807, 2.05) is 18.3 Å². The number of aromatic nitrogens is 2. The van der Waals surface area contributed by atoms with E-state index < -0.39 is 0 Å². The van der Waals surface area contributed by atoms with Gasteiger partial charge in [-0.3, -0.25) is 0 Å². The smallest absolute Gasteiger partial charge is 0.152 e. The lowest BCUT2D eigenvalue weighted by Gasteiger charge is -2.01.